The van der Waals surface area contributed by atoms with E-state index >= 15 is 0 Å². The van der Waals surface area contributed by atoms with Crippen LogP contribution in [0.25, 0.3) is 5.69 Å². The second-order valence-corrected chi connectivity index (χ2v) is 6.27. The normalized spacial score (nSPS) is 10.5. The fourth-order valence-electron chi connectivity index (χ4n) is 2.85. The van der Waals surface area contributed by atoms with Crippen molar-refractivity contribution in [1.29, 1.82) is 0 Å². The molecule has 3 aromatic rings. The Morgan fingerprint density at radius 3 is 2.21 bits per heavy atom. The van der Waals surface area contributed by atoms with E-state index in [1.54, 1.807) is 36.1 Å². The van der Waals surface area contributed by atoms with Crippen LogP contribution in [-0.4, -0.2) is 44.8 Å². The van der Waals surface area contributed by atoms with Gasteiger partial charge in [-0.3, -0.25) is 9.59 Å². The van der Waals surface area contributed by atoms with Gasteiger partial charge in [-0.1, -0.05) is 18.2 Å². The van der Waals surface area contributed by atoms with Crippen LogP contribution in [-0.2, 0) is 0 Å². The van der Waals surface area contributed by atoms with Gasteiger partial charge in [-0.25, -0.2) is 0 Å². The Labute approximate surface area is 164 Å². The van der Waals surface area contributed by atoms with Gasteiger partial charge in [0.25, 0.3) is 11.8 Å². The third-order valence-electron chi connectivity index (χ3n) is 4.42. The lowest BCUT2D eigenvalue weighted by molar-refractivity contribution is 0.0773. The SMILES string of the molecule is CCN(CC)C(=O)c1ccc(NC(=O)c2nn(-c3ccccc3)nc2C)cc1. The summed E-state index contributed by atoms with van der Waals surface area (Å²) in [5, 5.41) is 11.4. The van der Waals surface area contributed by atoms with E-state index in [9.17, 15) is 9.59 Å². The molecule has 0 spiro atoms. The molecule has 0 bridgehead atoms. The van der Waals surface area contributed by atoms with Gasteiger partial charge in [0.2, 0.25) is 0 Å². The topological polar surface area (TPSA) is 80.1 Å². The third kappa shape index (κ3) is 4.09. The van der Waals surface area contributed by atoms with E-state index in [0.717, 1.165) is 5.69 Å². The molecule has 1 N–H and O–H groups in total. The standard InChI is InChI=1S/C21H23N5O2/c1-4-25(5-2)21(28)16-11-13-17(14-12-16)22-20(27)19-15(3)23-26(24-19)18-9-7-6-8-10-18/h6-14H,4-5H2,1-3H3,(H,22,27). The molecule has 0 aliphatic heterocycles. The van der Waals surface area contributed by atoms with Gasteiger partial charge in [-0.05, 0) is 57.2 Å². The molecule has 7 heteroatoms. The predicted octanol–water partition coefficient (Wildman–Crippen LogP) is 3.31. The highest BCUT2D eigenvalue weighted by Crippen LogP contribution is 2.14. The van der Waals surface area contributed by atoms with E-state index in [1.807, 2.05) is 44.2 Å². The lowest BCUT2D eigenvalue weighted by atomic mass is 10.1. The van der Waals surface area contributed by atoms with Crippen LogP contribution in [0.3, 0.4) is 0 Å². The Morgan fingerprint density at radius 2 is 1.61 bits per heavy atom. The molecule has 1 heterocycles. The fraction of sp³-hybridized carbons (Fsp3) is 0.238. The van der Waals surface area contributed by atoms with Crippen molar-refractivity contribution in [2.45, 2.75) is 20.8 Å². The Hall–Kier alpha value is -3.48. The van der Waals surface area contributed by atoms with E-state index in [2.05, 4.69) is 15.5 Å². The number of aryl methyl sites for hydroxylation is 1. The van der Waals surface area contributed by atoms with E-state index in [4.69, 9.17) is 0 Å². The molecule has 1 aromatic heterocycles. The Morgan fingerprint density at radius 1 is 0.964 bits per heavy atom. The highest BCUT2D eigenvalue weighted by Gasteiger charge is 2.17. The van der Waals surface area contributed by atoms with Gasteiger partial charge in [-0.15, -0.1) is 5.10 Å². The maximum Gasteiger partial charge on any atom is 0.278 e. The number of carbonyl (C=O) groups excluding carboxylic acids is 2. The lowest BCUT2D eigenvalue weighted by Crippen LogP contribution is -2.30. The summed E-state index contributed by atoms with van der Waals surface area (Å²) < 4.78 is 0. The van der Waals surface area contributed by atoms with Gasteiger partial charge in [0.1, 0.15) is 0 Å². The van der Waals surface area contributed by atoms with E-state index in [-0.39, 0.29) is 17.5 Å². The Bertz CT molecular complexity index is 960. The van der Waals surface area contributed by atoms with Crippen LogP contribution in [0, 0.1) is 6.92 Å². The van der Waals surface area contributed by atoms with Gasteiger partial charge >= 0.3 is 0 Å². The molecule has 144 valence electrons. The summed E-state index contributed by atoms with van der Waals surface area (Å²) in [5.41, 5.74) is 2.76. The van der Waals surface area contributed by atoms with Crippen molar-refractivity contribution >= 4 is 17.5 Å². The van der Waals surface area contributed by atoms with Gasteiger partial charge in [0, 0.05) is 24.3 Å². The molecule has 3 rings (SSSR count). The number of anilines is 1. The van der Waals surface area contributed by atoms with Crippen LogP contribution in [0.4, 0.5) is 5.69 Å². The number of nitrogens with one attached hydrogen (secondary N) is 1. The number of para-hydroxylation sites is 1. The quantitative estimate of drug-likeness (QED) is 0.715. The van der Waals surface area contributed by atoms with Crippen LogP contribution in [0.1, 0.15) is 40.4 Å². The molecule has 0 fully saturated rings. The van der Waals surface area contributed by atoms with Crippen LogP contribution in [0.15, 0.2) is 54.6 Å². The average Bonchev–Trinajstić information content (AvgIpc) is 3.12. The number of amides is 2. The van der Waals surface area contributed by atoms with Gasteiger partial charge in [-0.2, -0.15) is 9.90 Å². The van der Waals surface area contributed by atoms with Gasteiger partial charge in [0.15, 0.2) is 5.69 Å². The minimum atomic E-state index is -0.345. The third-order valence-corrected chi connectivity index (χ3v) is 4.42. The van der Waals surface area contributed by atoms with Crippen molar-refractivity contribution < 1.29 is 9.59 Å². The van der Waals surface area contributed by atoms with Crippen molar-refractivity contribution in [3.05, 3.63) is 71.5 Å². The molecule has 28 heavy (non-hydrogen) atoms. The minimum Gasteiger partial charge on any atom is -0.339 e. The molecular weight excluding hydrogens is 354 g/mol. The number of hydrogen-bond donors (Lipinski definition) is 1. The van der Waals surface area contributed by atoms with Crippen molar-refractivity contribution in [2.24, 2.45) is 0 Å². The zero-order chi connectivity index (χ0) is 20.1. The predicted molar refractivity (Wildman–Crippen MR) is 108 cm³/mol. The van der Waals surface area contributed by atoms with E-state index in [1.165, 1.54) is 4.80 Å². The number of nitrogens with zero attached hydrogens (tertiary/aromatic N) is 4. The summed E-state index contributed by atoms with van der Waals surface area (Å²) in [6, 6.07) is 16.3. The van der Waals surface area contributed by atoms with Crippen LogP contribution < -0.4 is 5.32 Å². The smallest absolute Gasteiger partial charge is 0.278 e. The molecule has 0 saturated heterocycles. The number of carbonyl (C=O) groups is 2. The number of benzene rings is 2. The fourth-order valence-corrected chi connectivity index (χ4v) is 2.85. The molecule has 0 unspecified atom stereocenters. The van der Waals surface area contributed by atoms with Crippen molar-refractivity contribution in [3.8, 4) is 5.69 Å². The molecule has 0 saturated carbocycles. The summed E-state index contributed by atoms with van der Waals surface area (Å²) in [4.78, 5) is 28.1. The van der Waals surface area contributed by atoms with E-state index in [0.29, 0.717) is 30.0 Å². The molecule has 2 amide bonds. The van der Waals surface area contributed by atoms with Crippen molar-refractivity contribution in [1.82, 2.24) is 19.9 Å². The molecule has 7 nitrogen and oxygen atoms in total. The minimum absolute atomic E-state index is 0.0236. The Kier molecular flexibility index (Phi) is 5.84. The molecule has 0 aliphatic carbocycles. The second-order valence-electron chi connectivity index (χ2n) is 6.27. The Balaban J connectivity index is 1.73. The summed E-state index contributed by atoms with van der Waals surface area (Å²) in [7, 11) is 0. The summed E-state index contributed by atoms with van der Waals surface area (Å²) in [6.07, 6.45) is 0. The first-order chi connectivity index (χ1) is 13.5. The first kappa shape index (κ1) is 19.3. The van der Waals surface area contributed by atoms with E-state index < -0.39 is 0 Å². The first-order valence-corrected chi connectivity index (χ1v) is 9.23. The zero-order valence-corrected chi connectivity index (χ0v) is 16.2. The van der Waals surface area contributed by atoms with Gasteiger partial charge in [0.05, 0.1) is 11.4 Å². The molecule has 2 aromatic carbocycles. The van der Waals surface area contributed by atoms with Crippen LogP contribution in [0.5, 0.6) is 0 Å². The maximum absolute atomic E-state index is 12.6. The van der Waals surface area contributed by atoms with Crippen LogP contribution in [0.2, 0.25) is 0 Å². The monoisotopic (exact) mass is 377 g/mol. The highest BCUT2D eigenvalue weighted by molar-refractivity contribution is 6.04. The molecule has 0 aliphatic rings. The summed E-state index contributed by atoms with van der Waals surface area (Å²) >= 11 is 0. The average molecular weight is 377 g/mol. The zero-order valence-electron chi connectivity index (χ0n) is 16.2. The molecule has 0 radical (unpaired) electrons. The summed E-state index contributed by atoms with van der Waals surface area (Å²) in [5.74, 6) is -0.368. The van der Waals surface area contributed by atoms with Gasteiger partial charge < -0.3 is 10.2 Å². The number of rotatable bonds is 6. The first-order valence-electron chi connectivity index (χ1n) is 9.23. The van der Waals surface area contributed by atoms with Crippen LogP contribution >= 0.6 is 0 Å². The lowest BCUT2D eigenvalue weighted by Gasteiger charge is -2.18. The van der Waals surface area contributed by atoms with Crippen molar-refractivity contribution in [2.75, 3.05) is 18.4 Å². The summed E-state index contributed by atoms with van der Waals surface area (Å²) in [6.45, 7) is 6.95. The molecule has 0 atom stereocenters. The van der Waals surface area contributed by atoms with Crippen molar-refractivity contribution in [3.63, 3.8) is 0 Å². The number of aromatic nitrogens is 3. The largest absolute Gasteiger partial charge is 0.339 e. The maximum atomic E-state index is 12.6. The second kappa shape index (κ2) is 8.47. The molecular formula is C21H23N5O2. The number of hydrogen-bond acceptors (Lipinski definition) is 4. The highest BCUT2D eigenvalue weighted by atomic mass is 16.2.